The number of methoxy groups -OCH3 is 1. The van der Waals surface area contributed by atoms with Crippen LogP contribution in [0.1, 0.15) is 30.5 Å². The zero-order valence-corrected chi connectivity index (χ0v) is 18.5. The SMILES string of the molecule is CCOc1ccc(/C(O)=C2\C(=O)C(=O)N(CCCOC)C2c2cccc(Br)c2)cc1. The highest BCUT2D eigenvalue weighted by Gasteiger charge is 2.45. The number of likely N-dealkylation sites (tertiary alicyclic amines) is 1. The molecule has 2 aromatic rings. The third kappa shape index (κ3) is 4.57. The van der Waals surface area contributed by atoms with E-state index in [-0.39, 0.29) is 11.3 Å². The van der Waals surface area contributed by atoms with Gasteiger partial charge in [0.2, 0.25) is 0 Å². The van der Waals surface area contributed by atoms with Crippen molar-refractivity contribution in [3.05, 3.63) is 69.7 Å². The molecule has 0 spiro atoms. The van der Waals surface area contributed by atoms with Gasteiger partial charge in [-0.05, 0) is 55.3 Å². The fourth-order valence-corrected chi connectivity index (χ4v) is 3.96. The maximum atomic E-state index is 12.9. The molecule has 1 fully saturated rings. The minimum Gasteiger partial charge on any atom is -0.507 e. The minimum atomic E-state index is -0.691. The summed E-state index contributed by atoms with van der Waals surface area (Å²) in [6, 6.07) is 13.5. The van der Waals surface area contributed by atoms with Crippen LogP contribution in [0.4, 0.5) is 0 Å². The van der Waals surface area contributed by atoms with Gasteiger partial charge >= 0.3 is 0 Å². The molecule has 158 valence electrons. The smallest absolute Gasteiger partial charge is 0.295 e. The van der Waals surface area contributed by atoms with Gasteiger partial charge in [0, 0.05) is 30.3 Å². The summed E-state index contributed by atoms with van der Waals surface area (Å²) in [4.78, 5) is 27.2. The molecule has 1 saturated heterocycles. The predicted molar refractivity (Wildman–Crippen MR) is 117 cm³/mol. The molecule has 1 N–H and O–H groups in total. The third-order valence-electron chi connectivity index (χ3n) is 4.89. The number of hydrogen-bond donors (Lipinski definition) is 1. The van der Waals surface area contributed by atoms with E-state index in [1.807, 2.05) is 31.2 Å². The number of carbonyl (C=O) groups is 2. The number of benzene rings is 2. The van der Waals surface area contributed by atoms with E-state index in [2.05, 4.69) is 15.9 Å². The van der Waals surface area contributed by atoms with Gasteiger partial charge in [-0.3, -0.25) is 9.59 Å². The first-order chi connectivity index (χ1) is 14.5. The van der Waals surface area contributed by atoms with Gasteiger partial charge in [-0.25, -0.2) is 0 Å². The molecular weight excluding hydrogens is 450 g/mol. The third-order valence-corrected chi connectivity index (χ3v) is 5.38. The van der Waals surface area contributed by atoms with E-state index in [0.29, 0.717) is 37.5 Å². The summed E-state index contributed by atoms with van der Waals surface area (Å²) in [6.45, 7) is 3.22. The quantitative estimate of drug-likeness (QED) is 0.267. The first-order valence-corrected chi connectivity index (χ1v) is 10.5. The van der Waals surface area contributed by atoms with Crippen LogP contribution in [0.5, 0.6) is 5.75 Å². The molecular formula is C23H24BrNO5. The largest absolute Gasteiger partial charge is 0.507 e. The highest BCUT2D eigenvalue weighted by Crippen LogP contribution is 2.40. The van der Waals surface area contributed by atoms with Crippen LogP contribution in [0.2, 0.25) is 0 Å². The first-order valence-electron chi connectivity index (χ1n) is 9.74. The van der Waals surface area contributed by atoms with Gasteiger partial charge in [0.25, 0.3) is 11.7 Å². The van der Waals surface area contributed by atoms with Crippen LogP contribution >= 0.6 is 15.9 Å². The van der Waals surface area contributed by atoms with E-state index < -0.39 is 17.7 Å². The van der Waals surface area contributed by atoms with Crippen molar-refractivity contribution in [2.45, 2.75) is 19.4 Å². The lowest BCUT2D eigenvalue weighted by Crippen LogP contribution is -2.31. The number of hydrogen-bond acceptors (Lipinski definition) is 5. The molecule has 1 heterocycles. The molecule has 3 rings (SSSR count). The molecule has 1 aliphatic heterocycles. The summed E-state index contributed by atoms with van der Waals surface area (Å²) in [5.74, 6) is -0.847. The zero-order chi connectivity index (χ0) is 21.7. The van der Waals surface area contributed by atoms with Crippen LogP contribution in [0.25, 0.3) is 5.76 Å². The Kier molecular flexibility index (Phi) is 7.29. The van der Waals surface area contributed by atoms with E-state index >= 15 is 0 Å². The molecule has 7 heteroatoms. The molecule has 0 aromatic heterocycles. The van der Waals surface area contributed by atoms with Crippen molar-refractivity contribution < 1.29 is 24.2 Å². The minimum absolute atomic E-state index is 0.0830. The van der Waals surface area contributed by atoms with Gasteiger partial charge in [-0.2, -0.15) is 0 Å². The molecule has 1 aliphatic rings. The van der Waals surface area contributed by atoms with Crippen molar-refractivity contribution in [2.75, 3.05) is 26.9 Å². The molecule has 2 aromatic carbocycles. The fraction of sp³-hybridized carbons (Fsp3) is 0.304. The lowest BCUT2D eigenvalue weighted by molar-refractivity contribution is -0.140. The normalized spacial score (nSPS) is 18.1. The molecule has 0 aliphatic carbocycles. The van der Waals surface area contributed by atoms with Crippen molar-refractivity contribution in [3.63, 3.8) is 0 Å². The Balaban J connectivity index is 2.07. The van der Waals surface area contributed by atoms with Gasteiger partial charge in [-0.15, -0.1) is 0 Å². The number of Topliss-reactive ketones (excluding diaryl/α,β-unsaturated/α-hetero) is 1. The van der Waals surface area contributed by atoms with E-state index in [1.165, 1.54) is 4.90 Å². The second-order valence-electron chi connectivity index (χ2n) is 6.85. The summed E-state index contributed by atoms with van der Waals surface area (Å²) in [7, 11) is 1.59. The number of ketones is 1. The summed E-state index contributed by atoms with van der Waals surface area (Å²) < 4.78 is 11.4. The average molecular weight is 474 g/mol. The summed E-state index contributed by atoms with van der Waals surface area (Å²) in [5, 5.41) is 11.0. The van der Waals surface area contributed by atoms with Crippen molar-refractivity contribution in [2.24, 2.45) is 0 Å². The van der Waals surface area contributed by atoms with Crippen LogP contribution in [0.3, 0.4) is 0 Å². The number of ether oxygens (including phenoxy) is 2. The molecule has 0 bridgehead atoms. The fourth-order valence-electron chi connectivity index (χ4n) is 3.54. The number of rotatable bonds is 8. The maximum absolute atomic E-state index is 12.9. The number of amides is 1. The van der Waals surface area contributed by atoms with Crippen LogP contribution in [0, 0.1) is 0 Å². The van der Waals surface area contributed by atoms with Crippen LogP contribution in [0.15, 0.2) is 58.6 Å². The van der Waals surface area contributed by atoms with E-state index in [4.69, 9.17) is 9.47 Å². The van der Waals surface area contributed by atoms with Gasteiger partial charge < -0.3 is 19.5 Å². The van der Waals surface area contributed by atoms with E-state index in [0.717, 1.165) is 10.0 Å². The summed E-state index contributed by atoms with van der Waals surface area (Å²) in [6.07, 6.45) is 0.580. The van der Waals surface area contributed by atoms with Crippen molar-refractivity contribution in [1.29, 1.82) is 0 Å². The van der Waals surface area contributed by atoms with Crippen LogP contribution in [-0.2, 0) is 14.3 Å². The lowest BCUT2D eigenvalue weighted by atomic mass is 9.95. The maximum Gasteiger partial charge on any atom is 0.295 e. The van der Waals surface area contributed by atoms with Crippen molar-refractivity contribution >= 4 is 33.4 Å². The molecule has 30 heavy (non-hydrogen) atoms. The average Bonchev–Trinajstić information content (AvgIpc) is 2.99. The second-order valence-corrected chi connectivity index (χ2v) is 7.77. The van der Waals surface area contributed by atoms with Gasteiger partial charge in [0.05, 0.1) is 18.2 Å². The summed E-state index contributed by atoms with van der Waals surface area (Å²) >= 11 is 3.45. The monoisotopic (exact) mass is 473 g/mol. The van der Waals surface area contributed by atoms with E-state index in [1.54, 1.807) is 31.4 Å². The van der Waals surface area contributed by atoms with Crippen molar-refractivity contribution in [3.8, 4) is 5.75 Å². The number of halogens is 1. The Morgan fingerprint density at radius 1 is 1.17 bits per heavy atom. The lowest BCUT2D eigenvalue weighted by Gasteiger charge is -2.25. The molecule has 1 unspecified atom stereocenters. The molecule has 6 nitrogen and oxygen atoms in total. The number of nitrogens with zero attached hydrogens (tertiary/aromatic N) is 1. The Labute approximate surface area is 184 Å². The van der Waals surface area contributed by atoms with Crippen LogP contribution < -0.4 is 4.74 Å². The van der Waals surface area contributed by atoms with Gasteiger partial charge in [0.15, 0.2) is 0 Å². The van der Waals surface area contributed by atoms with E-state index in [9.17, 15) is 14.7 Å². The number of aliphatic hydroxyl groups is 1. The number of aliphatic hydroxyl groups excluding tert-OH is 1. The highest BCUT2D eigenvalue weighted by molar-refractivity contribution is 9.10. The Hall–Kier alpha value is -2.64. The second kappa shape index (κ2) is 9.91. The Morgan fingerprint density at radius 3 is 2.53 bits per heavy atom. The Bertz CT molecular complexity index is 954. The van der Waals surface area contributed by atoms with Crippen LogP contribution in [-0.4, -0.2) is 48.6 Å². The zero-order valence-electron chi connectivity index (χ0n) is 16.9. The van der Waals surface area contributed by atoms with Gasteiger partial charge in [0.1, 0.15) is 11.5 Å². The molecule has 1 atom stereocenters. The van der Waals surface area contributed by atoms with Gasteiger partial charge in [-0.1, -0.05) is 28.1 Å². The summed E-state index contributed by atoms with van der Waals surface area (Å²) in [5.41, 5.74) is 1.28. The predicted octanol–water partition coefficient (Wildman–Crippen LogP) is 4.31. The standard InChI is InChI=1S/C23H24BrNO5/c1-3-30-18-10-8-15(9-11-18)21(26)19-20(16-6-4-7-17(24)14-16)25(12-5-13-29-2)23(28)22(19)27/h4,6-11,14,20,26H,3,5,12-13H2,1-2H3/b21-19+. The van der Waals surface area contributed by atoms with Crippen molar-refractivity contribution in [1.82, 2.24) is 4.90 Å². The first kappa shape index (κ1) is 22.1. The molecule has 1 amide bonds. The topological polar surface area (TPSA) is 76.1 Å². The Morgan fingerprint density at radius 2 is 1.90 bits per heavy atom. The molecule has 0 radical (unpaired) electrons. The number of carbonyl (C=O) groups excluding carboxylic acids is 2. The molecule has 0 saturated carbocycles. The highest BCUT2D eigenvalue weighted by atomic mass is 79.9.